The fourth-order valence-corrected chi connectivity index (χ4v) is 3.36. The number of carbonyl (C=O) groups is 1. The van der Waals surface area contributed by atoms with Crippen LogP contribution in [0.25, 0.3) is 10.9 Å². The van der Waals surface area contributed by atoms with E-state index in [1.165, 1.54) is 7.11 Å². The van der Waals surface area contributed by atoms with E-state index in [1.807, 2.05) is 6.07 Å². The van der Waals surface area contributed by atoms with Crippen LogP contribution in [0.1, 0.15) is 24.1 Å². The van der Waals surface area contributed by atoms with E-state index in [0.29, 0.717) is 18.5 Å². The summed E-state index contributed by atoms with van der Waals surface area (Å²) in [5.74, 6) is -0.0289. The molecular weight excluding hydrogens is 332 g/mol. The zero-order valence-corrected chi connectivity index (χ0v) is 14.3. The highest BCUT2D eigenvalue weighted by atomic mass is 32.2. The Morgan fingerprint density at radius 2 is 2.17 bits per heavy atom. The fourth-order valence-electron chi connectivity index (χ4n) is 2.89. The molecule has 128 valence electrons. The Balaban J connectivity index is 2.01. The minimum absolute atomic E-state index is 0.247. The van der Waals surface area contributed by atoms with Crippen LogP contribution in [0.5, 0.6) is 5.75 Å². The summed E-state index contributed by atoms with van der Waals surface area (Å²) in [6.45, 7) is 0.633. The Morgan fingerprint density at radius 3 is 2.88 bits per heavy atom. The second-order valence-corrected chi connectivity index (χ2v) is 7.17. The molecule has 1 N–H and O–H groups in total. The summed E-state index contributed by atoms with van der Waals surface area (Å²) in [6.07, 6.45) is 2.48. The van der Waals surface area contributed by atoms with E-state index in [-0.39, 0.29) is 18.1 Å². The zero-order chi connectivity index (χ0) is 17.3. The zero-order valence-electron chi connectivity index (χ0n) is 13.5. The molecule has 0 aliphatic carbocycles. The van der Waals surface area contributed by atoms with Crippen LogP contribution in [0, 0.1) is 0 Å². The lowest BCUT2D eigenvalue weighted by Gasteiger charge is -2.12. The monoisotopic (exact) mass is 350 g/mol. The number of methoxy groups -OCH3 is 1. The van der Waals surface area contributed by atoms with E-state index in [9.17, 15) is 13.2 Å². The summed E-state index contributed by atoms with van der Waals surface area (Å²) in [5.41, 5.74) is 3.33. The number of benzene rings is 1. The van der Waals surface area contributed by atoms with Gasteiger partial charge in [-0.05, 0) is 18.1 Å². The van der Waals surface area contributed by atoms with E-state index >= 15 is 0 Å². The van der Waals surface area contributed by atoms with Crippen molar-refractivity contribution in [3.63, 3.8) is 0 Å². The third-order valence-corrected chi connectivity index (χ3v) is 4.37. The number of rotatable bonds is 5. The molecule has 1 aromatic heterocycles. The third-order valence-electron chi connectivity index (χ3n) is 3.89. The molecule has 2 aromatic rings. The summed E-state index contributed by atoms with van der Waals surface area (Å²) in [6, 6.07) is 5.29. The molecule has 2 heterocycles. The van der Waals surface area contributed by atoms with Crippen molar-refractivity contribution >= 4 is 32.7 Å². The molecule has 0 spiro atoms. The number of aromatic amines is 1. The minimum atomic E-state index is -3.62. The largest absolute Gasteiger partial charge is 0.469 e. The van der Waals surface area contributed by atoms with Gasteiger partial charge >= 0.3 is 16.1 Å². The Labute approximate surface area is 139 Å². The Bertz CT molecular complexity index is 927. The number of aliphatic imine (C=N–C) groups is 1. The van der Waals surface area contributed by atoms with Crippen LogP contribution in [0.2, 0.25) is 0 Å². The van der Waals surface area contributed by atoms with Gasteiger partial charge in [-0.2, -0.15) is 8.42 Å². The summed E-state index contributed by atoms with van der Waals surface area (Å²) in [7, 11) is -2.26. The number of hydrogen-bond acceptors (Lipinski definition) is 6. The standard InChI is InChI=1S/C16H18N2O5S/c1-22-14(19)7-6-12-15-11(8-9-17-12)10-4-3-5-13(16(10)18-15)23-24(2,20)21/h3-5,18H,6-9H2,1-2H3. The number of para-hydroxylation sites is 1. The highest BCUT2D eigenvalue weighted by Gasteiger charge is 2.22. The molecule has 0 atom stereocenters. The van der Waals surface area contributed by atoms with Crippen molar-refractivity contribution in [1.82, 2.24) is 4.98 Å². The maximum atomic E-state index is 11.5. The molecule has 0 fully saturated rings. The summed E-state index contributed by atoms with van der Waals surface area (Å²) >= 11 is 0. The van der Waals surface area contributed by atoms with Gasteiger partial charge in [0, 0.05) is 18.4 Å². The van der Waals surface area contributed by atoms with Gasteiger partial charge < -0.3 is 13.9 Å². The van der Waals surface area contributed by atoms with Crippen LogP contribution < -0.4 is 4.18 Å². The lowest BCUT2D eigenvalue weighted by Crippen LogP contribution is -2.14. The molecule has 0 saturated heterocycles. The van der Waals surface area contributed by atoms with Crippen LogP contribution in [0.15, 0.2) is 23.2 Å². The predicted molar refractivity (Wildman–Crippen MR) is 90.1 cm³/mol. The number of H-pyrrole nitrogens is 1. The van der Waals surface area contributed by atoms with Crippen LogP contribution >= 0.6 is 0 Å². The van der Waals surface area contributed by atoms with Crippen molar-refractivity contribution in [3.8, 4) is 5.75 Å². The number of aromatic nitrogens is 1. The van der Waals surface area contributed by atoms with Crippen LogP contribution in [0.4, 0.5) is 0 Å². The van der Waals surface area contributed by atoms with Gasteiger partial charge in [0.15, 0.2) is 5.75 Å². The van der Waals surface area contributed by atoms with Crippen molar-refractivity contribution in [2.24, 2.45) is 4.99 Å². The van der Waals surface area contributed by atoms with Crippen molar-refractivity contribution in [3.05, 3.63) is 29.5 Å². The Kier molecular flexibility index (Phi) is 4.31. The molecule has 1 aromatic carbocycles. The van der Waals surface area contributed by atoms with E-state index in [4.69, 9.17) is 4.18 Å². The second-order valence-electron chi connectivity index (χ2n) is 5.60. The molecule has 1 aliphatic heterocycles. The maximum Gasteiger partial charge on any atom is 0.306 e. The number of esters is 1. The second kappa shape index (κ2) is 6.27. The van der Waals surface area contributed by atoms with E-state index in [2.05, 4.69) is 14.7 Å². The molecule has 0 amide bonds. The number of nitrogens with zero attached hydrogens (tertiary/aromatic N) is 1. The number of carbonyl (C=O) groups excluding carboxylic acids is 1. The molecule has 0 saturated carbocycles. The van der Waals surface area contributed by atoms with E-state index in [0.717, 1.165) is 35.0 Å². The summed E-state index contributed by atoms with van der Waals surface area (Å²) in [4.78, 5) is 19.1. The molecular formula is C16H18N2O5S. The van der Waals surface area contributed by atoms with Crippen LogP contribution in [0.3, 0.4) is 0 Å². The summed E-state index contributed by atoms with van der Waals surface area (Å²) < 4.78 is 32.6. The van der Waals surface area contributed by atoms with Gasteiger partial charge in [-0.15, -0.1) is 0 Å². The average molecular weight is 350 g/mol. The highest BCUT2D eigenvalue weighted by molar-refractivity contribution is 7.86. The van der Waals surface area contributed by atoms with Gasteiger partial charge in [0.25, 0.3) is 0 Å². The molecule has 0 bridgehead atoms. The third kappa shape index (κ3) is 3.28. The van der Waals surface area contributed by atoms with Gasteiger partial charge in [0.1, 0.15) is 0 Å². The molecule has 24 heavy (non-hydrogen) atoms. The fraction of sp³-hybridized carbons (Fsp3) is 0.375. The van der Waals surface area contributed by atoms with E-state index in [1.54, 1.807) is 12.1 Å². The molecule has 0 unspecified atom stereocenters. The predicted octanol–water partition coefficient (Wildman–Crippen LogP) is 1.80. The normalized spacial score (nSPS) is 14.2. The van der Waals surface area contributed by atoms with Crippen molar-refractivity contribution in [2.75, 3.05) is 19.9 Å². The van der Waals surface area contributed by atoms with Crippen molar-refractivity contribution in [2.45, 2.75) is 19.3 Å². The van der Waals surface area contributed by atoms with Gasteiger partial charge in [0.2, 0.25) is 0 Å². The first-order valence-corrected chi connectivity index (χ1v) is 9.34. The highest BCUT2D eigenvalue weighted by Crippen LogP contribution is 2.33. The Morgan fingerprint density at radius 1 is 1.38 bits per heavy atom. The van der Waals surface area contributed by atoms with Crippen molar-refractivity contribution in [1.29, 1.82) is 0 Å². The number of nitrogens with one attached hydrogen (secondary N) is 1. The van der Waals surface area contributed by atoms with Gasteiger partial charge in [-0.25, -0.2) is 0 Å². The Hall–Kier alpha value is -2.35. The van der Waals surface area contributed by atoms with Gasteiger partial charge in [-0.1, -0.05) is 12.1 Å². The number of ether oxygens (including phenoxy) is 1. The van der Waals surface area contributed by atoms with Crippen LogP contribution in [-0.2, 0) is 26.1 Å². The molecule has 7 nitrogen and oxygen atoms in total. The quantitative estimate of drug-likeness (QED) is 0.655. The first kappa shape index (κ1) is 16.5. The first-order chi connectivity index (χ1) is 11.4. The van der Waals surface area contributed by atoms with Gasteiger partial charge in [0.05, 0.1) is 36.7 Å². The maximum absolute atomic E-state index is 11.5. The molecule has 1 aliphatic rings. The SMILES string of the molecule is COC(=O)CCC1=NCCc2c1[nH]c1c(OS(C)(=O)=O)cccc21. The molecule has 8 heteroatoms. The molecule has 0 radical (unpaired) electrons. The number of hydrogen-bond donors (Lipinski definition) is 1. The minimum Gasteiger partial charge on any atom is -0.469 e. The topological polar surface area (TPSA) is 97.8 Å². The first-order valence-electron chi connectivity index (χ1n) is 7.52. The number of fused-ring (bicyclic) bond motifs is 3. The lowest BCUT2D eigenvalue weighted by molar-refractivity contribution is -0.140. The average Bonchev–Trinajstić information content (AvgIpc) is 2.91. The lowest BCUT2D eigenvalue weighted by atomic mass is 10.00. The van der Waals surface area contributed by atoms with Gasteiger partial charge in [-0.3, -0.25) is 9.79 Å². The van der Waals surface area contributed by atoms with E-state index < -0.39 is 10.1 Å². The molecule has 3 rings (SSSR count). The van der Waals surface area contributed by atoms with Crippen LogP contribution in [-0.4, -0.2) is 45.0 Å². The summed E-state index contributed by atoms with van der Waals surface area (Å²) in [5, 5.41) is 0.914. The smallest absolute Gasteiger partial charge is 0.306 e. The van der Waals surface area contributed by atoms with Crippen molar-refractivity contribution < 1.29 is 22.1 Å².